The van der Waals surface area contributed by atoms with Gasteiger partial charge in [-0.1, -0.05) is 0 Å². The summed E-state index contributed by atoms with van der Waals surface area (Å²) >= 11 is 0. The van der Waals surface area contributed by atoms with Crippen molar-refractivity contribution >= 4 is 5.78 Å². The number of hydrogen-bond donors (Lipinski definition) is 0. The quantitative estimate of drug-likeness (QED) is 0.766. The first-order valence-electron chi connectivity index (χ1n) is 7.05. The molecule has 0 aromatic heterocycles. The lowest BCUT2D eigenvalue weighted by Gasteiger charge is -2.13. The van der Waals surface area contributed by atoms with Crippen LogP contribution in [0.4, 0.5) is 0 Å². The maximum absolute atomic E-state index is 12.8. The first kappa shape index (κ1) is 16.7. The maximum atomic E-state index is 12.8. The summed E-state index contributed by atoms with van der Waals surface area (Å²) in [5.74, 6) is 2.02. The van der Waals surface area contributed by atoms with Crippen LogP contribution >= 0.6 is 0 Å². The van der Waals surface area contributed by atoms with E-state index in [0.29, 0.717) is 34.1 Å². The van der Waals surface area contributed by atoms with Crippen molar-refractivity contribution in [3.63, 3.8) is 0 Å². The van der Waals surface area contributed by atoms with Gasteiger partial charge in [-0.3, -0.25) is 4.79 Å². The summed E-state index contributed by atoms with van der Waals surface area (Å²) in [6.07, 6.45) is 0. The third kappa shape index (κ3) is 3.23. The van der Waals surface area contributed by atoms with Crippen LogP contribution in [0.15, 0.2) is 30.3 Å². The monoisotopic (exact) mass is 316 g/mol. The number of benzene rings is 2. The molecule has 2 rings (SSSR count). The Labute approximate surface area is 135 Å². The maximum Gasteiger partial charge on any atom is 0.197 e. The van der Waals surface area contributed by atoms with Crippen molar-refractivity contribution in [2.45, 2.75) is 6.92 Å². The fourth-order valence-electron chi connectivity index (χ4n) is 2.36. The van der Waals surface area contributed by atoms with Crippen LogP contribution in [0.25, 0.3) is 0 Å². The zero-order valence-electron chi connectivity index (χ0n) is 13.9. The molecule has 0 spiro atoms. The van der Waals surface area contributed by atoms with Gasteiger partial charge in [0.1, 0.15) is 11.5 Å². The summed E-state index contributed by atoms with van der Waals surface area (Å²) in [5, 5.41) is 0. The molecule has 5 heteroatoms. The molecular weight excluding hydrogens is 296 g/mol. The summed E-state index contributed by atoms with van der Waals surface area (Å²) in [4.78, 5) is 12.8. The smallest absolute Gasteiger partial charge is 0.197 e. The number of ketones is 1. The van der Waals surface area contributed by atoms with E-state index >= 15 is 0 Å². The number of methoxy groups -OCH3 is 4. The van der Waals surface area contributed by atoms with Crippen molar-refractivity contribution in [2.24, 2.45) is 0 Å². The van der Waals surface area contributed by atoms with Gasteiger partial charge in [-0.2, -0.15) is 0 Å². The summed E-state index contributed by atoms with van der Waals surface area (Å²) < 4.78 is 21.1. The molecule has 0 atom stereocenters. The second-order valence-electron chi connectivity index (χ2n) is 4.92. The van der Waals surface area contributed by atoms with Gasteiger partial charge >= 0.3 is 0 Å². The van der Waals surface area contributed by atoms with Crippen LogP contribution in [0.2, 0.25) is 0 Å². The summed E-state index contributed by atoms with van der Waals surface area (Å²) in [6.45, 7) is 1.89. The minimum Gasteiger partial charge on any atom is -0.496 e. The van der Waals surface area contributed by atoms with Crippen LogP contribution in [0.1, 0.15) is 21.5 Å². The summed E-state index contributed by atoms with van der Waals surface area (Å²) in [7, 11) is 6.18. The predicted octanol–water partition coefficient (Wildman–Crippen LogP) is 3.26. The van der Waals surface area contributed by atoms with Crippen molar-refractivity contribution in [1.82, 2.24) is 0 Å². The van der Waals surface area contributed by atoms with Crippen molar-refractivity contribution in [2.75, 3.05) is 28.4 Å². The lowest BCUT2D eigenvalue weighted by atomic mass is 10.00. The molecule has 0 aliphatic rings. The van der Waals surface area contributed by atoms with E-state index < -0.39 is 0 Å². The minimum atomic E-state index is -0.180. The molecule has 0 unspecified atom stereocenters. The number of ether oxygens (including phenoxy) is 4. The largest absolute Gasteiger partial charge is 0.496 e. The number of aryl methyl sites for hydroxylation is 1. The van der Waals surface area contributed by atoms with Gasteiger partial charge in [0.2, 0.25) is 0 Å². The van der Waals surface area contributed by atoms with Crippen molar-refractivity contribution in [3.05, 3.63) is 47.0 Å². The highest BCUT2D eigenvalue weighted by Gasteiger charge is 2.19. The van der Waals surface area contributed by atoms with E-state index in [-0.39, 0.29) is 5.78 Å². The molecule has 0 saturated heterocycles. The number of rotatable bonds is 6. The minimum absolute atomic E-state index is 0.180. The first-order chi connectivity index (χ1) is 11.0. The molecule has 0 amide bonds. The van der Waals surface area contributed by atoms with Gasteiger partial charge in [0.05, 0.1) is 34.0 Å². The van der Waals surface area contributed by atoms with E-state index in [0.717, 1.165) is 5.56 Å². The highest BCUT2D eigenvalue weighted by atomic mass is 16.5. The lowest BCUT2D eigenvalue weighted by Crippen LogP contribution is -2.06. The number of carbonyl (C=O) groups excluding carboxylic acids is 1. The van der Waals surface area contributed by atoms with Gasteiger partial charge in [-0.25, -0.2) is 0 Å². The molecular formula is C18H20O5. The highest BCUT2D eigenvalue weighted by Crippen LogP contribution is 2.32. The normalized spacial score (nSPS) is 10.1. The third-order valence-corrected chi connectivity index (χ3v) is 3.61. The van der Waals surface area contributed by atoms with E-state index in [1.165, 1.54) is 14.2 Å². The van der Waals surface area contributed by atoms with E-state index in [1.807, 2.05) is 6.92 Å². The molecule has 0 radical (unpaired) electrons. The van der Waals surface area contributed by atoms with Crippen molar-refractivity contribution < 1.29 is 23.7 Å². The zero-order chi connectivity index (χ0) is 17.0. The van der Waals surface area contributed by atoms with E-state index in [4.69, 9.17) is 18.9 Å². The topological polar surface area (TPSA) is 54.0 Å². The zero-order valence-corrected chi connectivity index (χ0v) is 13.9. The van der Waals surface area contributed by atoms with E-state index in [9.17, 15) is 4.79 Å². The van der Waals surface area contributed by atoms with E-state index in [2.05, 4.69) is 0 Å². The Hall–Kier alpha value is -2.69. The first-order valence-corrected chi connectivity index (χ1v) is 7.05. The van der Waals surface area contributed by atoms with Gasteiger partial charge < -0.3 is 18.9 Å². The SMILES string of the molecule is COc1cc(C(=O)c2ccc(OC)c(OC)c2)c(OC)cc1C. The molecule has 0 saturated carbocycles. The molecule has 2 aromatic rings. The average molecular weight is 316 g/mol. The van der Waals surface area contributed by atoms with Crippen LogP contribution in [-0.4, -0.2) is 34.2 Å². The second kappa shape index (κ2) is 7.05. The average Bonchev–Trinajstić information content (AvgIpc) is 2.60. The number of hydrogen-bond acceptors (Lipinski definition) is 5. The summed E-state index contributed by atoms with van der Waals surface area (Å²) in [5.41, 5.74) is 1.81. The molecule has 0 aliphatic carbocycles. The van der Waals surface area contributed by atoms with Crippen LogP contribution in [0.5, 0.6) is 23.0 Å². The molecule has 23 heavy (non-hydrogen) atoms. The Balaban J connectivity index is 2.52. The van der Waals surface area contributed by atoms with Gasteiger partial charge in [0.25, 0.3) is 0 Å². The Bertz CT molecular complexity index is 722. The standard InChI is InChI=1S/C18H20O5/c1-11-8-16(22-4)13(10-15(11)21-3)18(19)12-6-7-14(20-2)17(9-12)23-5/h6-10H,1-5H3. The molecule has 0 fully saturated rings. The van der Waals surface area contributed by atoms with Gasteiger partial charge in [0, 0.05) is 5.56 Å². The predicted molar refractivity (Wildman–Crippen MR) is 87.3 cm³/mol. The van der Waals surface area contributed by atoms with Crippen LogP contribution < -0.4 is 18.9 Å². The molecule has 2 aromatic carbocycles. The van der Waals surface area contributed by atoms with Crippen molar-refractivity contribution in [1.29, 1.82) is 0 Å². The van der Waals surface area contributed by atoms with Crippen LogP contribution in [-0.2, 0) is 0 Å². The van der Waals surface area contributed by atoms with Gasteiger partial charge in [-0.05, 0) is 42.8 Å². The fraction of sp³-hybridized carbons (Fsp3) is 0.278. The highest BCUT2D eigenvalue weighted by molar-refractivity contribution is 6.11. The Morgan fingerprint density at radius 3 is 1.91 bits per heavy atom. The molecule has 0 bridgehead atoms. The van der Waals surface area contributed by atoms with Gasteiger partial charge in [0.15, 0.2) is 17.3 Å². The number of carbonyl (C=O) groups is 1. The van der Waals surface area contributed by atoms with Crippen molar-refractivity contribution in [3.8, 4) is 23.0 Å². The second-order valence-corrected chi connectivity index (χ2v) is 4.92. The van der Waals surface area contributed by atoms with Crippen LogP contribution in [0, 0.1) is 6.92 Å². The summed E-state index contributed by atoms with van der Waals surface area (Å²) in [6, 6.07) is 8.51. The molecule has 5 nitrogen and oxygen atoms in total. The fourth-order valence-corrected chi connectivity index (χ4v) is 2.36. The molecule has 0 heterocycles. The van der Waals surface area contributed by atoms with E-state index in [1.54, 1.807) is 44.6 Å². The Morgan fingerprint density at radius 1 is 0.739 bits per heavy atom. The third-order valence-electron chi connectivity index (χ3n) is 3.61. The lowest BCUT2D eigenvalue weighted by molar-refractivity contribution is 0.103. The molecule has 0 aliphatic heterocycles. The van der Waals surface area contributed by atoms with Gasteiger partial charge in [-0.15, -0.1) is 0 Å². The molecule has 0 N–H and O–H groups in total. The Kier molecular flexibility index (Phi) is 5.11. The Morgan fingerprint density at radius 2 is 1.35 bits per heavy atom. The van der Waals surface area contributed by atoms with Crippen LogP contribution in [0.3, 0.4) is 0 Å². The molecule has 122 valence electrons.